The van der Waals surface area contributed by atoms with Gasteiger partial charge in [-0.15, -0.1) is 0 Å². The molecule has 3 rings (SSSR count). The Balaban J connectivity index is 1.66. The van der Waals surface area contributed by atoms with Crippen molar-refractivity contribution in [3.05, 3.63) is 51.4 Å². The average molecular weight is 464 g/mol. The SMILES string of the molecule is O=S(=O)(OCC1COc2c(Br)cccc2O1)c1ccc(Br)cc1. The lowest BCUT2D eigenvalue weighted by Gasteiger charge is -2.26. The first-order chi connectivity index (χ1) is 11.0. The number of hydrogen-bond donors (Lipinski definition) is 0. The summed E-state index contributed by atoms with van der Waals surface area (Å²) in [7, 11) is -3.83. The first kappa shape index (κ1) is 16.8. The number of rotatable bonds is 4. The molecule has 0 saturated heterocycles. The van der Waals surface area contributed by atoms with E-state index in [1.54, 1.807) is 18.2 Å². The largest absolute Gasteiger partial charge is 0.485 e. The summed E-state index contributed by atoms with van der Waals surface area (Å²) in [6, 6.07) is 11.7. The topological polar surface area (TPSA) is 61.8 Å². The highest BCUT2D eigenvalue weighted by Crippen LogP contribution is 2.38. The van der Waals surface area contributed by atoms with Crippen LogP contribution in [0.4, 0.5) is 0 Å². The molecule has 0 saturated carbocycles. The van der Waals surface area contributed by atoms with Gasteiger partial charge in [-0.05, 0) is 52.3 Å². The quantitative estimate of drug-likeness (QED) is 0.646. The molecular formula is C15H12Br2O5S. The Morgan fingerprint density at radius 2 is 1.87 bits per heavy atom. The smallest absolute Gasteiger partial charge is 0.297 e. The monoisotopic (exact) mass is 462 g/mol. The van der Waals surface area contributed by atoms with Crippen molar-refractivity contribution in [2.24, 2.45) is 0 Å². The van der Waals surface area contributed by atoms with Gasteiger partial charge < -0.3 is 9.47 Å². The summed E-state index contributed by atoms with van der Waals surface area (Å²) in [5, 5.41) is 0. The number of ether oxygens (including phenoxy) is 2. The van der Waals surface area contributed by atoms with Crippen molar-refractivity contribution in [1.82, 2.24) is 0 Å². The Bertz CT molecular complexity index is 805. The molecule has 1 aliphatic heterocycles. The van der Waals surface area contributed by atoms with Crippen molar-refractivity contribution in [3.63, 3.8) is 0 Å². The molecule has 0 amide bonds. The van der Waals surface area contributed by atoms with E-state index in [4.69, 9.17) is 13.7 Å². The van der Waals surface area contributed by atoms with Crippen molar-refractivity contribution in [2.45, 2.75) is 11.0 Å². The second-order valence-electron chi connectivity index (χ2n) is 4.81. The van der Waals surface area contributed by atoms with Crippen LogP contribution in [0.3, 0.4) is 0 Å². The lowest BCUT2D eigenvalue weighted by molar-refractivity contribution is 0.0549. The second-order valence-corrected chi connectivity index (χ2v) is 8.20. The molecule has 5 nitrogen and oxygen atoms in total. The summed E-state index contributed by atoms with van der Waals surface area (Å²) in [6.45, 7) is 0.0931. The molecule has 1 unspecified atom stereocenters. The van der Waals surface area contributed by atoms with Crippen LogP contribution in [0, 0.1) is 0 Å². The van der Waals surface area contributed by atoms with Gasteiger partial charge in [-0.1, -0.05) is 22.0 Å². The highest BCUT2D eigenvalue weighted by atomic mass is 79.9. The van der Waals surface area contributed by atoms with E-state index in [1.807, 2.05) is 12.1 Å². The Kier molecular flexibility index (Phi) is 4.96. The number of hydrogen-bond acceptors (Lipinski definition) is 5. The van der Waals surface area contributed by atoms with E-state index in [-0.39, 0.29) is 18.1 Å². The van der Waals surface area contributed by atoms with E-state index >= 15 is 0 Å². The van der Waals surface area contributed by atoms with Crippen LogP contribution >= 0.6 is 31.9 Å². The van der Waals surface area contributed by atoms with Crippen molar-refractivity contribution in [3.8, 4) is 11.5 Å². The predicted molar refractivity (Wildman–Crippen MR) is 91.3 cm³/mol. The highest BCUT2D eigenvalue weighted by Gasteiger charge is 2.25. The summed E-state index contributed by atoms with van der Waals surface area (Å²) in [6.07, 6.45) is -0.498. The number of benzene rings is 2. The van der Waals surface area contributed by atoms with Gasteiger partial charge in [-0.2, -0.15) is 8.42 Å². The van der Waals surface area contributed by atoms with Gasteiger partial charge >= 0.3 is 0 Å². The van der Waals surface area contributed by atoms with Crippen LogP contribution in [0.2, 0.25) is 0 Å². The van der Waals surface area contributed by atoms with E-state index in [0.717, 1.165) is 8.95 Å². The average Bonchev–Trinajstić information content (AvgIpc) is 2.54. The minimum atomic E-state index is -3.83. The predicted octanol–water partition coefficient (Wildman–Crippen LogP) is 3.76. The van der Waals surface area contributed by atoms with E-state index < -0.39 is 16.2 Å². The summed E-state index contributed by atoms with van der Waals surface area (Å²) < 4.78 is 42.3. The fourth-order valence-electron chi connectivity index (χ4n) is 2.03. The molecule has 1 aliphatic rings. The van der Waals surface area contributed by atoms with Crippen LogP contribution in [0.1, 0.15) is 0 Å². The second kappa shape index (κ2) is 6.80. The molecule has 1 atom stereocenters. The van der Waals surface area contributed by atoms with Crippen LogP contribution in [0.15, 0.2) is 56.3 Å². The maximum Gasteiger partial charge on any atom is 0.297 e. The van der Waals surface area contributed by atoms with Crippen molar-refractivity contribution >= 4 is 42.0 Å². The Labute approximate surface area is 150 Å². The van der Waals surface area contributed by atoms with E-state index in [0.29, 0.717) is 11.5 Å². The molecule has 0 radical (unpaired) electrons. The molecule has 2 aromatic rings. The lowest BCUT2D eigenvalue weighted by Crippen LogP contribution is -2.34. The van der Waals surface area contributed by atoms with Crippen molar-refractivity contribution in [1.29, 1.82) is 0 Å². The van der Waals surface area contributed by atoms with Crippen LogP contribution in [0.5, 0.6) is 11.5 Å². The maximum absolute atomic E-state index is 12.1. The first-order valence-electron chi connectivity index (χ1n) is 6.69. The minimum absolute atomic E-state index is 0.0978. The van der Waals surface area contributed by atoms with E-state index in [2.05, 4.69) is 31.9 Å². The Hall–Kier alpha value is -1.09. The highest BCUT2D eigenvalue weighted by molar-refractivity contribution is 9.10. The molecular weight excluding hydrogens is 452 g/mol. The van der Waals surface area contributed by atoms with Gasteiger partial charge in [-0.25, -0.2) is 0 Å². The molecule has 23 heavy (non-hydrogen) atoms. The van der Waals surface area contributed by atoms with Crippen LogP contribution in [0.25, 0.3) is 0 Å². The third kappa shape index (κ3) is 3.88. The molecule has 0 aromatic heterocycles. The Morgan fingerprint density at radius 1 is 1.13 bits per heavy atom. The normalized spacial score (nSPS) is 17.0. The third-order valence-electron chi connectivity index (χ3n) is 3.15. The summed E-state index contributed by atoms with van der Waals surface area (Å²) in [4.78, 5) is 0.0978. The van der Waals surface area contributed by atoms with Crippen LogP contribution < -0.4 is 9.47 Å². The molecule has 0 aliphatic carbocycles. The first-order valence-corrected chi connectivity index (χ1v) is 9.68. The molecule has 8 heteroatoms. The van der Waals surface area contributed by atoms with Gasteiger partial charge in [0.1, 0.15) is 13.2 Å². The molecule has 0 fully saturated rings. The van der Waals surface area contributed by atoms with Gasteiger partial charge in [0.25, 0.3) is 10.1 Å². The fraction of sp³-hybridized carbons (Fsp3) is 0.200. The minimum Gasteiger partial charge on any atom is -0.485 e. The van der Waals surface area contributed by atoms with E-state index in [9.17, 15) is 8.42 Å². The van der Waals surface area contributed by atoms with Gasteiger partial charge in [0.05, 0.1) is 9.37 Å². The fourth-order valence-corrected chi connectivity index (χ4v) is 3.69. The van der Waals surface area contributed by atoms with Crippen LogP contribution in [-0.4, -0.2) is 27.7 Å². The zero-order valence-corrected chi connectivity index (χ0v) is 15.7. The Morgan fingerprint density at radius 3 is 2.61 bits per heavy atom. The lowest BCUT2D eigenvalue weighted by atomic mass is 10.3. The zero-order valence-electron chi connectivity index (χ0n) is 11.7. The molecule has 1 heterocycles. The van der Waals surface area contributed by atoms with Gasteiger partial charge in [0, 0.05) is 4.47 Å². The summed E-state index contributed by atoms with van der Waals surface area (Å²) >= 11 is 6.63. The van der Waals surface area contributed by atoms with Gasteiger partial charge in [0.2, 0.25) is 0 Å². The summed E-state index contributed by atoms with van der Waals surface area (Å²) in [5.74, 6) is 1.17. The van der Waals surface area contributed by atoms with Gasteiger partial charge in [0.15, 0.2) is 17.6 Å². The number of fused-ring (bicyclic) bond motifs is 1. The van der Waals surface area contributed by atoms with Crippen LogP contribution in [-0.2, 0) is 14.3 Å². The van der Waals surface area contributed by atoms with E-state index in [1.165, 1.54) is 12.1 Å². The van der Waals surface area contributed by atoms with Crippen molar-refractivity contribution in [2.75, 3.05) is 13.2 Å². The number of para-hydroxylation sites is 1. The molecule has 0 spiro atoms. The third-order valence-corrected chi connectivity index (χ3v) is 5.60. The molecule has 0 N–H and O–H groups in total. The standard InChI is InChI=1S/C15H12Br2O5S/c16-10-4-6-12(7-5-10)23(18,19)21-9-11-8-20-15-13(17)2-1-3-14(15)22-11/h1-7,11H,8-9H2. The maximum atomic E-state index is 12.1. The molecule has 0 bridgehead atoms. The number of halogens is 2. The molecule has 2 aromatic carbocycles. The van der Waals surface area contributed by atoms with Crippen molar-refractivity contribution < 1.29 is 22.1 Å². The van der Waals surface area contributed by atoms with Gasteiger partial charge in [-0.3, -0.25) is 4.18 Å². The molecule has 122 valence electrons. The zero-order chi connectivity index (χ0) is 16.4. The summed E-state index contributed by atoms with van der Waals surface area (Å²) in [5.41, 5.74) is 0.